The first kappa shape index (κ1) is 25.7. The number of hydrogen-bond acceptors (Lipinski definition) is 9. The third-order valence-corrected chi connectivity index (χ3v) is 7.39. The van der Waals surface area contributed by atoms with Crippen LogP contribution in [0.2, 0.25) is 0 Å². The van der Waals surface area contributed by atoms with E-state index in [9.17, 15) is 4.79 Å². The fourth-order valence-electron chi connectivity index (χ4n) is 4.42. The van der Waals surface area contributed by atoms with E-state index in [-0.39, 0.29) is 12.3 Å². The molecule has 4 aromatic rings. The fourth-order valence-corrected chi connectivity index (χ4v) is 5.25. The lowest BCUT2D eigenvalue weighted by atomic mass is 10.0. The highest BCUT2D eigenvalue weighted by Crippen LogP contribution is 2.40. The monoisotopic (exact) mass is 530 g/mol. The SMILES string of the molecule is CCO[C@H]1Nc2cccc(C(=O)OC)c2N1Cc1ccc(-c2ccccc2SNc2onc(C)c2C)cc1. The molecule has 0 bridgehead atoms. The number of ether oxygens (including phenoxy) is 2. The lowest BCUT2D eigenvalue weighted by Crippen LogP contribution is -2.38. The van der Waals surface area contributed by atoms with Crippen LogP contribution in [0.15, 0.2) is 76.1 Å². The number of para-hydroxylation sites is 1. The molecule has 0 saturated heterocycles. The Morgan fingerprint density at radius 2 is 1.89 bits per heavy atom. The van der Waals surface area contributed by atoms with Crippen LogP contribution >= 0.6 is 11.9 Å². The largest absolute Gasteiger partial charge is 0.465 e. The van der Waals surface area contributed by atoms with Crippen molar-refractivity contribution in [1.29, 1.82) is 0 Å². The van der Waals surface area contributed by atoms with E-state index in [1.165, 1.54) is 19.1 Å². The van der Waals surface area contributed by atoms with Crippen molar-refractivity contribution in [3.8, 4) is 11.1 Å². The van der Waals surface area contributed by atoms with Crippen LogP contribution in [-0.4, -0.2) is 31.2 Å². The number of aromatic nitrogens is 1. The first-order chi connectivity index (χ1) is 18.5. The van der Waals surface area contributed by atoms with Crippen LogP contribution in [-0.2, 0) is 16.0 Å². The number of esters is 1. The molecule has 1 aliphatic heterocycles. The van der Waals surface area contributed by atoms with Crippen LogP contribution in [0.4, 0.5) is 17.3 Å². The number of nitrogens with one attached hydrogen (secondary N) is 2. The van der Waals surface area contributed by atoms with Gasteiger partial charge in [0.2, 0.25) is 12.2 Å². The topological polar surface area (TPSA) is 88.9 Å². The van der Waals surface area contributed by atoms with Gasteiger partial charge in [0.1, 0.15) is 0 Å². The number of methoxy groups -OCH3 is 1. The molecule has 0 saturated carbocycles. The summed E-state index contributed by atoms with van der Waals surface area (Å²) < 4.78 is 19.7. The summed E-state index contributed by atoms with van der Waals surface area (Å²) in [6, 6.07) is 22.2. The van der Waals surface area contributed by atoms with E-state index in [0.29, 0.717) is 24.6 Å². The maximum absolute atomic E-state index is 12.5. The fraction of sp³-hybridized carbons (Fsp3) is 0.241. The van der Waals surface area contributed by atoms with Gasteiger partial charge in [0.15, 0.2) is 0 Å². The number of hydrogen-bond donors (Lipinski definition) is 2. The third-order valence-electron chi connectivity index (χ3n) is 6.53. The minimum atomic E-state index is -0.383. The molecule has 1 atom stereocenters. The molecule has 0 fully saturated rings. The van der Waals surface area contributed by atoms with Crippen LogP contribution < -0.4 is 14.9 Å². The second kappa shape index (κ2) is 11.2. The van der Waals surface area contributed by atoms with Gasteiger partial charge in [-0.25, -0.2) is 4.79 Å². The minimum absolute atomic E-state index is 0.375. The molecule has 9 heteroatoms. The molecule has 1 aliphatic rings. The molecular weight excluding hydrogens is 500 g/mol. The standard InChI is InChI=1S/C29H30N4O4S/c1-5-36-29-30-24-11-8-10-23(28(34)35-4)26(24)33(29)17-20-13-15-21(16-14-20)22-9-6-7-12-25(22)38-32-27-18(2)19(3)31-37-27/h6-16,29-30,32H,5,17H2,1-4H3/t29-/m0/s1. The van der Waals surface area contributed by atoms with Crippen molar-refractivity contribution >= 4 is 35.2 Å². The van der Waals surface area contributed by atoms with Crippen molar-refractivity contribution < 1.29 is 18.8 Å². The Morgan fingerprint density at radius 3 is 2.61 bits per heavy atom. The molecule has 5 rings (SSSR count). The number of benzene rings is 3. The molecule has 0 amide bonds. The predicted octanol–water partition coefficient (Wildman–Crippen LogP) is 6.62. The lowest BCUT2D eigenvalue weighted by molar-refractivity contribution is 0.0599. The summed E-state index contributed by atoms with van der Waals surface area (Å²) in [7, 11) is 1.40. The molecule has 196 valence electrons. The number of fused-ring (bicyclic) bond motifs is 1. The number of anilines is 3. The van der Waals surface area contributed by atoms with E-state index in [1.807, 2.05) is 45.0 Å². The molecule has 2 N–H and O–H groups in total. The summed E-state index contributed by atoms with van der Waals surface area (Å²) in [5, 5.41) is 7.39. The van der Waals surface area contributed by atoms with Gasteiger partial charge in [-0.15, -0.1) is 0 Å². The van der Waals surface area contributed by atoms with E-state index in [4.69, 9.17) is 14.0 Å². The van der Waals surface area contributed by atoms with Gasteiger partial charge in [-0.2, -0.15) is 0 Å². The summed E-state index contributed by atoms with van der Waals surface area (Å²) in [5.41, 5.74) is 7.30. The molecule has 38 heavy (non-hydrogen) atoms. The predicted molar refractivity (Wildman–Crippen MR) is 150 cm³/mol. The maximum Gasteiger partial charge on any atom is 0.340 e. The van der Waals surface area contributed by atoms with Gasteiger partial charge in [-0.3, -0.25) is 4.72 Å². The Hall–Kier alpha value is -3.95. The third kappa shape index (κ3) is 5.07. The van der Waals surface area contributed by atoms with Crippen molar-refractivity contribution in [2.24, 2.45) is 0 Å². The van der Waals surface area contributed by atoms with Crippen LogP contribution in [0.25, 0.3) is 11.1 Å². The highest BCUT2D eigenvalue weighted by Gasteiger charge is 2.33. The van der Waals surface area contributed by atoms with Crippen LogP contribution in [0, 0.1) is 13.8 Å². The van der Waals surface area contributed by atoms with E-state index >= 15 is 0 Å². The smallest absolute Gasteiger partial charge is 0.340 e. The van der Waals surface area contributed by atoms with Gasteiger partial charge in [0, 0.05) is 23.6 Å². The number of carbonyl (C=O) groups excluding carboxylic acids is 1. The Kier molecular flexibility index (Phi) is 7.57. The van der Waals surface area contributed by atoms with Gasteiger partial charge in [0.05, 0.1) is 29.7 Å². The minimum Gasteiger partial charge on any atom is -0.465 e. The number of rotatable bonds is 9. The van der Waals surface area contributed by atoms with Crippen molar-refractivity contribution in [2.45, 2.75) is 38.6 Å². The van der Waals surface area contributed by atoms with E-state index < -0.39 is 0 Å². The zero-order valence-corrected chi connectivity index (χ0v) is 22.6. The first-order valence-corrected chi connectivity index (χ1v) is 13.2. The van der Waals surface area contributed by atoms with Crippen molar-refractivity contribution in [3.05, 3.63) is 89.1 Å². The average molecular weight is 531 g/mol. The van der Waals surface area contributed by atoms with Crippen molar-refractivity contribution in [3.63, 3.8) is 0 Å². The van der Waals surface area contributed by atoms with Gasteiger partial charge < -0.3 is 24.2 Å². The van der Waals surface area contributed by atoms with E-state index in [1.54, 1.807) is 6.07 Å². The molecule has 1 aromatic heterocycles. The molecule has 0 spiro atoms. The highest BCUT2D eigenvalue weighted by atomic mass is 32.2. The van der Waals surface area contributed by atoms with E-state index in [2.05, 4.69) is 56.5 Å². The zero-order chi connectivity index (χ0) is 26.6. The van der Waals surface area contributed by atoms with E-state index in [0.717, 1.165) is 44.2 Å². The van der Waals surface area contributed by atoms with Gasteiger partial charge in [0.25, 0.3) is 0 Å². The second-order valence-corrected chi connectivity index (χ2v) is 9.74. The number of aryl methyl sites for hydroxylation is 1. The molecule has 2 heterocycles. The van der Waals surface area contributed by atoms with Crippen LogP contribution in [0.5, 0.6) is 0 Å². The molecule has 0 aliphatic carbocycles. The normalized spacial score (nSPS) is 14.2. The van der Waals surface area contributed by atoms with Crippen LogP contribution in [0.3, 0.4) is 0 Å². The first-order valence-electron chi connectivity index (χ1n) is 12.4. The highest BCUT2D eigenvalue weighted by molar-refractivity contribution is 8.00. The van der Waals surface area contributed by atoms with Gasteiger partial charge in [-0.1, -0.05) is 53.7 Å². The number of carbonyl (C=O) groups is 1. The summed E-state index contributed by atoms with van der Waals surface area (Å²) in [6.45, 7) is 6.95. The van der Waals surface area contributed by atoms with Crippen molar-refractivity contribution in [2.75, 3.05) is 28.7 Å². The van der Waals surface area contributed by atoms with Gasteiger partial charge in [-0.05, 0) is 67.6 Å². The van der Waals surface area contributed by atoms with Crippen molar-refractivity contribution in [1.82, 2.24) is 5.16 Å². The molecule has 0 radical (unpaired) electrons. The average Bonchev–Trinajstić information content (AvgIpc) is 3.46. The Labute approximate surface area is 226 Å². The summed E-state index contributed by atoms with van der Waals surface area (Å²) in [4.78, 5) is 15.6. The second-order valence-electron chi connectivity index (χ2n) is 8.89. The Balaban J connectivity index is 1.38. The quantitative estimate of drug-likeness (QED) is 0.183. The molecular formula is C29H30N4O4S. The molecule has 3 aromatic carbocycles. The van der Waals surface area contributed by atoms with Crippen LogP contribution in [0.1, 0.15) is 34.1 Å². The summed E-state index contributed by atoms with van der Waals surface area (Å²) in [6.07, 6.45) is -0.383. The maximum atomic E-state index is 12.5. The molecule has 8 nitrogen and oxygen atoms in total. The lowest BCUT2D eigenvalue weighted by Gasteiger charge is -2.27. The Morgan fingerprint density at radius 1 is 1.11 bits per heavy atom. The number of nitrogens with zero attached hydrogens (tertiary/aromatic N) is 2. The zero-order valence-electron chi connectivity index (χ0n) is 21.8. The van der Waals surface area contributed by atoms with Gasteiger partial charge >= 0.3 is 5.97 Å². The molecule has 0 unspecified atom stereocenters. The summed E-state index contributed by atoms with van der Waals surface area (Å²) >= 11 is 1.50. The summed E-state index contributed by atoms with van der Waals surface area (Å²) in [5.74, 6) is 0.284. The Bertz CT molecular complexity index is 1440.